The molecule has 106 valence electrons. The van der Waals surface area contributed by atoms with Gasteiger partial charge in [-0.1, -0.05) is 32.0 Å². The molecule has 0 unspecified atom stereocenters. The van der Waals surface area contributed by atoms with E-state index >= 15 is 0 Å². The molecule has 1 rings (SSSR count). The van der Waals surface area contributed by atoms with Crippen LogP contribution in [0.1, 0.15) is 39.7 Å². The van der Waals surface area contributed by atoms with E-state index in [2.05, 4.69) is 0 Å². The standard InChI is InChI=1S/C17H21NO2/c1-5-13(4)17(19)15(11-18)10-14-8-6-7-9-16(14)20-12(2)3/h6-10,12-13H,5H2,1-4H3/b15-10-/t13-/m1/s1. The van der Waals surface area contributed by atoms with Gasteiger partial charge in [0.1, 0.15) is 11.8 Å². The summed E-state index contributed by atoms with van der Waals surface area (Å²) < 4.78 is 5.69. The van der Waals surface area contributed by atoms with E-state index in [0.717, 1.165) is 12.0 Å². The molecule has 1 aromatic carbocycles. The van der Waals surface area contributed by atoms with Gasteiger partial charge >= 0.3 is 0 Å². The van der Waals surface area contributed by atoms with Crippen molar-refractivity contribution in [2.75, 3.05) is 0 Å². The lowest BCUT2D eigenvalue weighted by molar-refractivity contribution is -0.118. The fourth-order valence-corrected chi connectivity index (χ4v) is 1.73. The number of nitrogens with zero attached hydrogens (tertiary/aromatic N) is 1. The van der Waals surface area contributed by atoms with E-state index in [0.29, 0.717) is 5.75 Å². The van der Waals surface area contributed by atoms with Crippen molar-refractivity contribution in [2.45, 2.75) is 40.2 Å². The highest BCUT2D eigenvalue weighted by molar-refractivity contribution is 6.04. The van der Waals surface area contributed by atoms with Gasteiger partial charge in [0.2, 0.25) is 0 Å². The minimum absolute atomic E-state index is 0.0420. The SMILES string of the molecule is CC[C@@H](C)C(=O)/C(C#N)=C\c1ccccc1OC(C)C. The lowest BCUT2D eigenvalue weighted by Crippen LogP contribution is -2.12. The highest BCUT2D eigenvalue weighted by Crippen LogP contribution is 2.23. The van der Waals surface area contributed by atoms with Crippen LogP contribution in [0.3, 0.4) is 0 Å². The van der Waals surface area contributed by atoms with Gasteiger partial charge in [-0.25, -0.2) is 0 Å². The van der Waals surface area contributed by atoms with Crippen LogP contribution in [-0.2, 0) is 4.79 Å². The molecule has 1 atom stereocenters. The molecule has 0 heterocycles. The van der Waals surface area contributed by atoms with Crippen molar-refractivity contribution in [3.8, 4) is 11.8 Å². The second kappa shape index (κ2) is 7.49. The summed E-state index contributed by atoms with van der Waals surface area (Å²) in [4.78, 5) is 12.1. The Morgan fingerprint density at radius 2 is 2.00 bits per heavy atom. The molecule has 0 saturated heterocycles. The Labute approximate surface area is 120 Å². The van der Waals surface area contributed by atoms with Crippen LogP contribution < -0.4 is 4.74 Å². The Morgan fingerprint density at radius 3 is 2.55 bits per heavy atom. The Hall–Kier alpha value is -2.08. The quantitative estimate of drug-likeness (QED) is 0.580. The smallest absolute Gasteiger partial charge is 0.176 e. The monoisotopic (exact) mass is 271 g/mol. The molecule has 3 heteroatoms. The number of para-hydroxylation sites is 1. The fourth-order valence-electron chi connectivity index (χ4n) is 1.73. The highest BCUT2D eigenvalue weighted by atomic mass is 16.5. The van der Waals surface area contributed by atoms with E-state index < -0.39 is 0 Å². The average Bonchev–Trinajstić information content (AvgIpc) is 2.44. The Bertz CT molecular complexity index is 538. The molecular weight excluding hydrogens is 250 g/mol. The van der Waals surface area contributed by atoms with Crippen LogP contribution in [0.25, 0.3) is 6.08 Å². The van der Waals surface area contributed by atoms with Crippen molar-refractivity contribution in [2.24, 2.45) is 5.92 Å². The van der Waals surface area contributed by atoms with Crippen LogP contribution >= 0.6 is 0 Å². The van der Waals surface area contributed by atoms with Gasteiger partial charge in [-0.05, 0) is 32.4 Å². The third-order valence-corrected chi connectivity index (χ3v) is 3.03. The maximum Gasteiger partial charge on any atom is 0.176 e. The molecule has 1 aromatic rings. The van der Waals surface area contributed by atoms with Gasteiger partial charge in [-0.2, -0.15) is 5.26 Å². The largest absolute Gasteiger partial charge is 0.490 e. The third kappa shape index (κ3) is 4.24. The first-order chi connectivity index (χ1) is 9.49. The molecule has 3 nitrogen and oxygen atoms in total. The maximum absolute atomic E-state index is 12.1. The van der Waals surface area contributed by atoms with Gasteiger partial charge in [-0.3, -0.25) is 4.79 Å². The summed E-state index contributed by atoms with van der Waals surface area (Å²) in [6, 6.07) is 9.43. The summed E-state index contributed by atoms with van der Waals surface area (Å²) in [5, 5.41) is 9.20. The predicted molar refractivity (Wildman–Crippen MR) is 80.3 cm³/mol. The van der Waals surface area contributed by atoms with E-state index in [1.165, 1.54) is 0 Å². The molecule has 0 radical (unpaired) electrons. The molecule has 0 aromatic heterocycles. The first-order valence-electron chi connectivity index (χ1n) is 6.91. The first-order valence-corrected chi connectivity index (χ1v) is 6.91. The second-order valence-electron chi connectivity index (χ2n) is 5.05. The van der Waals surface area contributed by atoms with Crippen molar-refractivity contribution in [3.05, 3.63) is 35.4 Å². The van der Waals surface area contributed by atoms with Crippen molar-refractivity contribution >= 4 is 11.9 Å². The van der Waals surface area contributed by atoms with Crippen LogP contribution in [0.15, 0.2) is 29.8 Å². The molecule has 20 heavy (non-hydrogen) atoms. The number of carbonyl (C=O) groups is 1. The molecule has 0 fully saturated rings. The van der Waals surface area contributed by atoms with Crippen LogP contribution in [0.5, 0.6) is 5.75 Å². The zero-order valence-electron chi connectivity index (χ0n) is 12.5. The number of benzene rings is 1. The maximum atomic E-state index is 12.1. The molecule has 0 amide bonds. The van der Waals surface area contributed by atoms with Gasteiger partial charge in [0.25, 0.3) is 0 Å². The van der Waals surface area contributed by atoms with E-state index in [4.69, 9.17) is 4.74 Å². The molecular formula is C17H21NO2. The number of ketones is 1. The van der Waals surface area contributed by atoms with Gasteiger partial charge in [-0.15, -0.1) is 0 Å². The Kier molecular flexibility index (Phi) is 5.99. The number of nitriles is 1. The first kappa shape index (κ1) is 16.0. The lowest BCUT2D eigenvalue weighted by atomic mass is 9.96. The summed E-state index contributed by atoms with van der Waals surface area (Å²) in [6.45, 7) is 7.66. The number of Topliss-reactive ketones (excluding diaryl/α,β-unsaturated/α-hetero) is 1. The molecule has 0 aliphatic heterocycles. The van der Waals surface area contributed by atoms with E-state index in [-0.39, 0.29) is 23.4 Å². The van der Waals surface area contributed by atoms with E-state index in [9.17, 15) is 10.1 Å². The molecule has 0 aliphatic carbocycles. The minimum atomic E-state index is -0.140. The van der Waals surface area contributed by atoms with Gasteiger partial charge in [0.05, 0.1) is 11.7 Å². The second-order valence-corrected chi connectivity index (χ2v) is 5.05. The Morgan fingerprint density at radius 1 is 1.35 bits per heavy atom. The van der Waals surface area contributed by atoms with Gasteiger partial charge in [0.15, 0.2) is 5.78 Å². The van der Waals surface area contributed by atoms with Crippen molar-refractivity contribution in [3.63, 3.8) is 0 Å². The number of hydrogen-bond donors (Lipinski definition) is 0. The van der Waals surface area contributed by atoms with E-state index in [1.807, 2.05) is 58.0 Å². The summed E-state index contributed by atoms with van der Waals surface area (Å²) in [5.41, 5.74) is 0.938. The van der Waals surface area contributed by atoms with Crippen molar-refractivity contribution in [1.82, 2.24) is 0 Å². The fraction of sp³-hybridized carbons (Fsp3) is 0.412. The highest BCUT2D eigenvalue weighted by Gasteiger charge is 2.16. The van der Waals surface area contributed by atoms with Crippen LogP contribution in [0.2, 0.25) is 0 Å². The van der Waals surface area contributed by atoms with Gasteiger partial charge in [0, 0.05) is 11.5 Å². The van der Waals surface area contributed by atoms with Crippen molar-refractivity contribution in [1.29, 1.82) is 5.26 Å². The molecule has 0 N–H and O–H groups in total. The summed E-state index contributed by atoms with van der Waals surface area (Å²) >= 11 is 0. The molecule has 0 saturated carbocycles. The number of rotatable bonds is 6. The predicted octanol–water partition coefficient (Wildman–Crippen LogP) is 4.00. The third-order valence-electron chi connectivity index (χ3n) is 3.03. The van der Waals surface area contributed by atoms with Crippen molar-refractivity contribution < 1.29 is 9.53 Å². The van der Waals surface area contributed by atoms with Crippen LogP contribution in [0, 0.1) is 17.2 Å². The summed E-state index contributed by atoms with van der Waals surface area (Å²) in [6.07, 6.45) is 2.38. The molecule has 0 aliphatic rings. The summed E-state index contributed by atoms with van der Waals surface area (Å²) in [7, 11) is 0. The Balaban J connectivity index is 3.14. The van der Waals surface area contributed by atoms with E-state index in [1.54, 1.807) is 6.08 Å². The summed E-state index contributed by atoms with van der Waals surface area (Å²) in [5.74, 6) is 0.431. The number of allylic oxidation sites excluding steroid dienone is 1. The average molecular weight is 271 g/mol. The van der Waals surface area contributed by atoms with Crippen LogP contribution in [-0.4, -0.2) is 11.9 Å². The normalized spacial score (nSPS) is 12.9. The lowest BCUT2D eigenvalue weighted by Gasteiger charge is -2.12. The number of carbonyl (C=O) groups excluding carboxylic acids is 1. The zero-order chi connectivity index (χ0) is 15.1. The minimum Gasteiger partial charge on any atom is -0.490 e. The molecule has 0 spiro atoms. The van der Waals surface area contributed by atoms with Gasteiger partial charge < -0.3 is 4.74 Å². The van der Waals surface area contributed by atoms with Crippen LogP contribution in [0.4, 0.5) is 0 Å². The topological polar surface area (TPSA) is 50.1 Å². The zero-order valence-corrected chi connectivity index (χ0v) is 12.5. The number of ether oxygens (including phenoxy) is 1. The molecule has 0 bridgehead atoms. The number of hydrogen-bond acceptors (Lipinski definition) is 3.